The minimum absolute atomic E-state index is 0.0116. The molecule has 1 heterocycles. The highest BCUT2D eigenvalue weighted by Gasteiger charge is 2.20. The zero-order chi connectivity index (χ0) is 26.3. The summed E-state index contributed by atoms with van der Waals surface area (Å²) < 4.78 is 0. The predicted molar refractivity (Wildman–Crippen MR) is 150 cm³/mol. The number of benzene rings is 3. The van der Waals surface area contributed by atoms with Crippen LogP contribution in [0.3, 0.4) is 0 Å². The van der Waals surface area contributed by atoms with Crippen LogP contribution < -0.4 is 5.32 Å². The maximum Gasteiger partial charge on any atom is 0.253 e. The molecule has 0 aliphatic rings. The topological polar surface area (TPSA) is 75.2 Å². The van der Waals surface area contributed by atoms with Gasteiger partial charge in [0.2, 0.25) is 11.0 Å². The molecule has 1 aromatic heterocycles. The van der Waals surface area contributed by atoms with Gasteiger partial charge in [0, 0.05) is 30.6 Å². The number of carbonyl (C=O) groups excluding carboxylic acids is 2. The Bertz CT molecular complexity index is 1310. The lowest BCUT2D eigenvalue weighted by molar-refractivity contribution is -0.116. The Hall–Kier alpha value is -3.84. The Labute approximate surface area is 222 Å². The summed E-state index contributed by atoms with van der Waals surface area (Å²) in [4.78, 5) is 27.9. The third-order valence-corrected chi connectivity index (χ3v) is 6.99. The van der Waals surface area contributed by atoms with Gasteiger partial charge in [-0.3, -0.25) is 9.59 Å². The highest BCUT2D eigenvalue weighted by Crippen LogP contribution is 2.26. The van der Waals surface area contributed by atoms with E-state index in [0.29, 0.717) is 30.2 Å². The third kappa shape index (κ3) is 7.33. The summed E-state index contributed by atoms with van der Waals surface area (Å²) in [6.45, 7) is 7.27. The number of nitrogens with zero attached hydrogens (tertiary/aromatic N) is 3. The molecule has 37 heavy (non-hydrogen) atoms. The average molecular weight is 513 g/mol. The number of rotatable bonds is 9. The van der Waals surface area contributed by atoms with E-state index < -0.39 is 0 Å². The van der Waals surface area contributed by atoms with Gasteiger partial charge in [0.25, 0.3) is 5.91 Å². The highest BCUT2D eigenvalue weighted by atomic mass is 32.1. The number of aromatic nitrogens is 2. The van der Waals surface area contributed by atoms with Crippen molar-refractivity contribution in [3.05, 3.63) is 102 Å². The molecular weight excluding hydrogens is 480 g/mol. The maximum atomic E-state index is 13.4. The number of hydrogen-bond donors (Lipinski definition) is 1. The Morgan fingerprint density at radius 2 is 1.49 bits per heavy atom. The van der Waals surface area contributed by atoms with Crippen LogP contribution >= 0.6 is 11.3 Å². The van der Waals surface area contributed by atoms with Gasteiger partial charge in [-0.2, -0.15) is 0 Å². The molecule has 7 heteroatoms. The molecule has 0 radical (unpaired) electrons. The fourth-order valence-corrected chi connectivity index (χ4v) is 4.67. The summed E-state index contributed by atoms with van der Waals surface area (Å²) in [6, 6.07) is 27.6. The summed E-state index contributed by atoms with van der Waals surface area (Å²) >= 11 is 1.33. The molecule has 0 fully saturated rings. The summed E-state index contributed by atoms with van der Waals surface area (Å²) in [6.07, 6.45) is 0.881. The second-order valence-electron chi connectivity index (χ2n) is 9.93. The summed E-state index contributed by atoms with van der Waals surface area (Å²) in [5, 5.41) is 12.3. The number of amides is 2. The molecule has 0 saturated heterocycles. The van der Waals surface area contributed by atoms with E-state index in [1.807, 2.05) is 84.9 Å². The fraction of sp³-hybridized carbons (Fsp3) is 0.267. The van der Waals surface area contributed by atoms with E-state index in [4.69, 9.17) is 0 Å². The molecule has 3 aromatic carbocycles. The molecule has 0 spiro atoms. The molecule has 0 saturated carbocycles. The van der Waals surface area contributed by atoms with Crippen molar-refractivity contribution in [2.45, 2.75) is 39.0 Å². The van der Waals surface area contributed by atoms with Crippen molar-refractivity contribution in [1.82, 2.24) is 15.1 Å². The lowest BCUT2D eigenvalue weighted by Gasteiger charge is -2.24. The van der Waals surface area contributed by atoms with Crippen LogP contribution in [-0.2, 0) is 16.6 Å². The molecular formula is C30H32N4O2S. The molecule has 4 rings (SSSR count). The van der Waals surface area contributed by atoms with Gasteiger partial charge in [-0.15, -0.1) is 10.2 Å². The fourth-order valence-electron chi connectivity index (χ4n) is 3.91. The monoisotopic (exact) mass is 512 g/mol. The lowest BCUT2D eigenvalue weighted by Crippen LogP contribution is -2.35. The first kappa shape index (κ1) is 26.2. The van der Waals surface area contributed by atoms with Gasteiger partial charge in [-0.25, -0.2) is 0 Å². The van der Waals surface area contributed by atoms with E-state index in [1.54, 1.807) is 4.90 Å². The van der Waals surface area contributed by atoms with Gasteiger partial charge in [-0.05, 0) is 35.1 Å². The molecule has 4 aromatic rings. The van der Waals surface area contributed by atoms with Crippen LogP contribution in [-0.4, -0.2) is 40.0 Å². The standard InChI is InChI=1S/C30H32N4O2S/c1-30(2,3)25-16-14-24(15-17-25)28(36)34(20-18-22-10-6-4-7-11-22)21-19-26(35)31-29-33-32-27(37-29)23-12-8-5-9-13-23/h4-17H,18-21H2,1-3H3,(H,31,33,35). The van der Waals surface area contributed by atoms with Crippen LogP contribution in [0, 0.1) is 0 Å². The van der Waals surface area contributed by atoms with Crippen molar-refractivity contribution in [2.24, 2.45) is 0 Å². The number of hydrogen-bond acceptors (Lipinski definition) is 5. The van der Waals surface area contributed by atoms with Crippen molar-refractivity contribution in [3.8, 4) is 10.6 Å². The van der Waals surface area contributed by atoms with Gasteiger partial charge in [-0.1, -0.05) is 105 Å². The van der Waals surface area contributed by atoms with E-state index in [1.165, 1.54) is 16.9 Å². The van der Waals surface area contributed by atoms with E-state index in [9.17, 15) is 9.59 Å². The second kappa shape index (κ2) is 11.9. The smallest absolute Gasteiger partial charge is 0.253 e. The quantitative estimate of drug-likeness (QED) is 0.289. The van der Waals surface area contributed by atoms with Gasteiger partial charge in [0.1, 0.15) is 5.01 Å². The normalized spacial score (nSPS) is 11.2. The van der Waals surface area contributed by atoms with Crippen LogP contribution in [0.4, 0.5) is 5.13 Å². The first-order chi connectivity index (χ1) is 17.8. The van der Waals surface area contributed by atoms with E-state index in [-0.39, 0.29) is 23.7 Å². The van der Waals surface area contributed by atoms with Crippen LogP contribution in [0.2, 0.25) is 0 Å². The molecule has 190 valence electrons. The zero-order valence-corrected chi connectivity index (χ0v) is 22.3. The van der Waals surface area contributed by atoms with Crippen molar-refractivity contribution in [3.63, 3.8) is 0 Å². The van der Waals surface area contributed by atoms with Crippen molar-refractivity contribution in [1.29, 1.82) is 0 Å². The molecule has 0 bridgehead atoms. The van der Waals surface area contributed by atoms with E-state index in [2.05, 4.69) is 36.3 Å². The predicted octanol–water partition coefficient (Wildman–Crippen LogP) is 6.22. The summed E-state index contributed by atoms with van der Waals surface area (Å²) in [7, 11) is 0. The van der Waals surface area contributed by atoms with Crippen LogP contribution in [0.15, 0.2) is 84.9 Å². The Balaban J connectivity index is 1.41. The lowest BCUT2D eigenvalue weighted by atomic mass is 9.86. The first-order valence-corrected chi connectivity index (χ1v) is 13.2. The largest absolute Gasteiger partial charge is 0.338 e. The second-order valence-corrected chi connectivity index (χ2v) is 10.9. The van der Waals surface area contributed by atoms with Gasteiger partial charge in [0.05, 0.1) is 0 Å². The van der Waals surface area contributed by atoms with Crippen LogP contribution in [0.25, 0.3) is 10.6 Å². The minimum atomic E-state index is -0.198. The molecule has 2 amide bonds. The summed E-state index contributed by atoms with van der Waals surface area (Å²) in [5.74, 6) is -0.275. The third-order valence-electron chi connectivity index (χ3n) is 6.10. The molecule has 0 aliphatic carbocycles. The van der Waals surface area contributed by atoms with Gasteiger partial charge in [0.15, 0.2) is 0 Å². The molecule has 0 unspecified atom stereocenters. The zero-order valence-electron chi connectivity index (χ0n) is 21.5. The number of nitrogens with one attached hydrogen (secondary N) is 1. The Morgan fingerprint density at radius 1 is 0.838 bits per heavy atom. The minimum Gasteiger partial charge on any atom is -0.338 e. The van der Waals surface area contributed by atoms with E-state index in [0.717, 1.165) is 16.1 Å². The SMILES string of the molecule is CC(C)(C)c1ccc(C(=O)N(CCC(=O)Nc2nnc(-c3ccccc3)s2)CCc2ccccc2)cc1. The Kier molecular flexibility index (Phi) is 8.46. The maximum absolute atomic E-state index is 13.4. The first-order valence-electron chi connectivity index (χ1n) is 12.4. The van der Waals surface area contributed by atoms with Crippen LogP contribution in [0.1, 0.15) is 48.7 Å². The van der Waals surface area contributed by atoms with Crippen LogP contribution in [0.5, 0.6) is 0 Å². The highest BCUT2D eigenvalue weighted by molar-refractivity contribution is 7.18. The average Bonchev–Trinajstić information content (AvgIpc) is 3.37. The summed E-state index contributed by atoms with van der Waals surface area (Å²) in [5.41, 5.74) is 3.91. The van der Waals surface area contributed by atoms with E-state index >= 15 is 0 Å². The van der Waals surface area contributed by atoms with Gasteiger partial charge >= 0.3 is 0 Å². The molecule has 1 N–H and O–H groups in total. The van der Waals surface area contributed by atoms with Crippen molar-refractivity contribution in [2.75, 3.05) is 18.4 Å². The van der Waals surface area contributed by atoms with Crippen molar-refractivity contribution < 1.29 is 9.59 Å². The molecule has 0 aliphatic heterocycles. The molecule has 6 nitrogen and oxygen atoms in total. The van der Waals surface area contributed by atoms with Gasteiger partial charge < -0.3 is 10.2 Å². The number of anilines is 1. The van der Waals surface area contributed by atoms with Crippen molar-refractivity contribution >= 4 is 28.3 Å². The molecule has 0 atom stereocenters. The Morgan fingerprint density at radius 3 is 2.14 bits per heavy atom. The number of carbonyl (C=O) groups is 2.